The van der Waals surface area contributed by atoms with Gasteiger partial charge < -0.3 is 15.4 Å². The number of amides is 1. The van der Waals surface area contributed by atoms with Crippen molar-refractivity contribution in [2.75, 3.05) is 20.7 Å². The van der Waals surface area contributed by atoms with Crippen LogP contribution in [0.3, 0.4) is 0 Å². The first kappa shape index (κ1) is 15.4. The normalized spacial score (nSPS) is 12.1. The molecule has 0 saturated heterocycles. The second kappa shape index (κ2) is 7.09. The molecular formula is C14H21FN2O2. The Morgan fingerprint density at radius 3 is 2.74 bits per heavy atom. The predicted molar refractivity (Wildman–Crippen MR) is 72.4 cm³/mol. The topological polar surface area (TPSA) is 55.6 Å². The summed E-state index contributed by atoms with van der Waals surface area (Å²) in [4.78, 5) is 12.9. The number of halogens is 1. The van der Waals surface area contributed by atoms with E-state index in [1.54, 1.807) is 20.2 Å². The maximum Gasteiger partial charge on any atom is 0.222 e. The van der Waals surface area contributed by atoms with Gasteiger partial charge in [-0.3, -0.25) is 4.79 Å². The van der Waals surface area contributed by atoms with E-state index >= 15 is 0 Å². The van der Waals surface area contributed by atoms with E-state index in [0.29, 0.717) is 25.2 Å². The highest BCUT2D eigenvalue weighted by Crippen LogP contribution is 2.25. The van der Waals surface area contributed by atoms with E-state index in [1.165, 1.54) is 17.0 Å². The zero-order valence-electron chi connectivity index (χ0n) is 11.6. The number of rotatable bonds is 6. The molecule has 5 heteroatoms. The van der Waals surface area contributed by atoms with Crippen LogP contribution in [-0.2, 0) is 4.79 Å². The van der Waals surface area contributed by atoms with Gasteiger partial charge in [0.2, 0.25) is 5.91 Å². The van der Waals surface area contributed by atoms with Gasteiger partial charge in [-0.25, -0.2) is 4.39 Å². The maximum absolute atomic E-state index is 13.2. The lowest BCUT2D eigenvalue weighted by Crippen LogP contribution is -2.21. The SMILES string of the molecule is C[C@H](N)c1ccc(F)cc1OCCCC(=O)N(C)C. The van der Waals surface area contributed by atoms with Gasteiger partial charge in [0, 0.05) is 38.2 Å². The van der Waals surface area contributed by atoms with Gasteiger partial charge in [-0.1, -0.05) is 6.07 Å². The Morgan fingerprint density at radius 1 is 1.47 bits per heavy atom. The molecule has 19 heavy (non-hydrogen) atoms. The number of ether oxygens (including phenoxy) is 1. The van der Waals surface area contributed by atoms with Crippen LogP contribution in [0.2, 0.25) is 0 Å². The lowest BCUT2D eigenvalue weighted by molar-refractivity contribution is -0.128. The first-order chi connectivity index (χ1) is 8.91. The first-order valence-electron chi connectivity index (χ1n) is 6.29. The summed E-state index contributed by atoms with van der Waals surface area (Å²) in [5.41, 5.74) is 6.56. The third-order valence-corrected chi connectivity index (χ3v) is 2.76. The molecule has 0 aliphatic rings. The third kappa shape index (κ3) is 4.87. The fourth-order valence-corrected chi connectivity index (χ4v) is 1.64. The molecule has 106 valence electrons. The smallest absolute Gasteiger partial charge is 0.222 e. The number of nitrogens with zero attached hydrogens (tertiary/aromatic N) is 1. The predicted octanol–water partition coefficient (Wildman–Crippen LogP) is 2.09. The number of nitrogens with two attached hydrogens (primary N) is 1. The summed E-state index contributed by atoms with van der Waals surface area (Å²) < 4.78 is 18.7. The van der Waals surface area contributed by atoms with Crippen molar-refractivity contribution >= 4 is 5.91 Å². The number of carbonyl (C=O) groups is 1. The molecule has 0 fully saturated rings. The van der Waals surface area contributed by atoms with Gasteiger partial charge in [0.25, 0.3) is 0 Å². The Kier molecular flexibility index (Phi) is 5.76. The largest absolute Gasteiger partial charge is 0.493 e. The summed E-state index contributed by atoms with van der Waals surface area (Å²) in [6.45, 7) is 2.18. The van der Waals surface area contributed by atoms with Crippen LogP contribution < -0.4 is 10.5 Å². The van der Waals surface area contributed by atoms with Crippen molar-refractivity contribution in [1.29, 1.82) is 0 Å². The molecule has 0 aromatic heterocycles. The highest BCUT2D eigenvalue weighted by Gasteiger charge is 2.10. The minimum Gasteiger partial charge on any atom is -0.493 e. The van der Waals surface area contributed by atoms with Gasteiger partial charge in [0.1, 0.15) is 11.6 Å². The molecule has 0 heterocycles. The lowest BCUT2D eigenvalue weighted by Gasteiger charge is -2.14. The van der Waals surface area contributed by atoms with Crippen LogP contribution in [0, 0.1) is 5.82 Å². The van der Waals surface area contributed by atoms with E-state index in [4.69, 9.17) is 10.5 Å². The van der Waals surface area contributed by atoms with Crippen LogP contribution in [0.5, 0.6) is 5.75 Å². The summed E-state index contributed by atoms with van der Waals surface area (Å²) in [6, 6.07) is 4.09. The molecule has 0 spiro atoms. The van der Waals surface area contributed by atoms with Gasteiger partial charge in [-0.2, -0.15) is 0 Å². The molecule has 0 aliphatic carbocycles. The lowest BCUT2D eigenvalue weighted by atomic mass is 10.1. The van der Waals surface area contributed by atoms with Gasteiger partial charge in [0.15, 0.2) is 0 Å². The van der Waals surface area contributed by atoms with Crippen LogP contribution in [0.1, 0.15) is 31.4 Å². The minimum absolute atomic E-state index is 0.0512. The van der Waals surface area contributed by atoms with Crippen molar-refractivity contribution in [2.24, 2.45) is 5.73 Å². The molecule has 1 aromatic carbocycles. The number of hydrogen-bond donors (Lipinski definition) is 1. The van der Waals surface area contributed by atoms with Crippen molar-refractivity contribution in [2.45, 2.75) is 25.8 Å². The van der Waals surface area contributed by atoms with Crippen molar-refractivity contribution in [3.05, 3.63) is 29.6 Å². The van der Waals surface area contributed by atoms with E-state index in [2.05, 4.69) is 0 Å². The molecule has 1 aromatic rings. The first-order valence-corrected chi connectivity index (χ1v) is 6.29. The summed E-state index contributed by atoms with van der Waals surface area (Å²) in [5, 5.41) is 0. The van der Waals surface area contributed by atoms with Crippen LogP contribution in [0.15, 0.2) is 18.2 Å². The van der Waals surface area contributed by atoms with E-state index < -0.39 is 0 Å². The third-order valence-electron chi connectivity index (χ3n) is 2.76. The van der Waals surface area contributed by atoms with Gasteiger partial charge in [-0.15, -0.1) is 0 Å². The molecule has 0 unspecified atom stereocenters. The zero-order valence-corrected chi connectivity index (χ0v) is 11.6. The van der Waals surface area contributed by atoms with Crippen molar-refractivity contribution < 1.29 is 13.9 Å². The molecule has 1 amide bonds. The summed E-state index contributed by atoms with van der Waals surface area (Å²) >= 11 is 0. The summed E-state index contributed by atoms with van der Waals surface area (Å²) in [5.74, 6) is 0.145. The molecular weight excluding hydrogens is 247 g/mol. The van der Waals surface area contributed by atoms with Gasteiger partial charge in [-0.05, 0) is 19.4 Å². The molecule has 0 radical (unpaired) electrons. The number of carbonyl (C=O) groups excluding carboxylic acids is 1. The van der Waals surface area contributed by atoms with Gasteiger partial charge in [0.05, 0.1) is 6.61 Å². The van der Waals surface area contributed by atoms with Crippen LogP contribution in [-0.4, -0.2) is 31.5 Å². The second-order valence-corrected chi connectivity index (χ2v) is 4.71. The number of hydrogen-bond acceptors (Lipinski definition) is 3. The van der Waals surface area contributed by atoms with Gasteiger partial charge >= 0.3 is 0 Å². The molecule has 0 bridgehead atoms. The van der Waals surface area contributed by atoms with Crippen molar-refractivity contribution in [3.63, 3.8) is 0 Å². The fourth-order valence-electron chi connectivity index (χ4n) is 1.64. The van der Waals surface area contributed by atoms with Crippen molar-refractivity contribution in [1.82, 2.24) is 4.90 Å². The maximum atomic E-state index is 13.2. The van der Waals surface area contributed by atoms with E-state index in [9.17, 15) is 9.18 Å². The van der Waals surface area contributed by atoms with Crippen LogP contribution in [0.4, 0.5) is 4.39 Å². The summed E-state index contributed by atoms with van der Waals surface area (Å²) in [6.07, 6.45) is 1.00. The quantitative estimate of drug-likeness (QED) is 0.804. The molecule has 0 aliphatic heterocycles. The average molecular weight is 268 g/mol. The van der Waals surface area contributed by atoms with Crippen LogP contribution in [0.25, 0.3) is 0 Å². The number of benzene rings is 1. The molecule has 4 nitrogen and oxygen atoms in total. The fraction of sp³-hybridized carbons (Fsp3) is 0.500. The Balaban J connectivity index is 2.53. The van der Waals surface area contributed by atoms with Crippen LogP contribution >= 0.6 is 0 Å². The van der Waals surface area contributed by atoms with E-state index in [1.807, 2.05) is 6.92 Å². The van der Waals surface area contributed by atoms with Crippen molar-refractivity contribution in [3.8, 4) is 5.75 Å². The molecule has 0 saturated carbocycles. The Morgan fingerprint density at radius 2 is 2.16 bits per heavy atom. The second-order valence-electron chi connectivity index (χ2n) is 4.71. The Bertz CT molecular complexity index is 433. The Labute approximate surface area is 113 Å². The highest BCUT2D eigenvalue weighted by atomic mass is 19.1. The monoisotopic (exact) mass is 268 g/mol. The minimum atomic E-state index is -0.358. The van der Waals surface area contributed by atoms with E-state index in [0.717, 1.165) is 5.56 Å². The Hall–Kier alpha value is -1.62. The molecule has 1 atom stereocenters. The molecule has 1 rings (SSSR count). The molecule has 2 N–H and O–H groups in total. The summed E-state index contributed by atoms with van der Waals surface area (Å²) in [7, 11) is 3.42. The van der Waals surface area contributed by atoms with E-state index in [-0.39, 0.29) is 17.8 Å². The zero-order chi connectivity index (χ0) is 14.4. The standard InChI is InChI=1S/C14H21FN2O2/c1-10(16)12-7-6-11(15)9-13(12)19-8-4-5-14(18)17(2)3/h6-7,9-10H,4-5,8,16H2,1-3H3/t10-/m0/s1. The highest BCUT2D eigenvalue weighted by molar-refractivity contribution is 5.75. The average Bonchev–Trinajstić information content (AvgIpc) is 2.33.